The molecule has 1 saturated heterocycles. The van der Waals surface area contributed by atoms with Crippen LogP contribution >= 0.6 is 0 Å². The summed E-state index contributed by atoms with van der Waals surface area (Å²) in [6, 6.07) is 3.62. The number of aromatic nitrogens is 1. The average Bonchev–Trinajstić information content (AvgIpc) is 2.54. The lowest BCUT2D eigenvalue weighted by Gasteiger charge is -2.33. The molecule has 1 fully saturated rings. The van der Waals surface area contributed by atoms with Crippen LogP contribution in [-0.2, 0) is 14.3 Å². The highest BCUT2D eigenvalue weighted by molar-refractivity contribution is 5.93. The van der Waals surface area contributed by atoms with Gasteiger partial charge in [-0.15, -0.1) is 0 Å². The molecule has 6 heteroatoms. The molecule has 6 nitrogen and oxygen atoms in total. The molecule has 0 spiro atoms. The Hall–Kier alpha value is -2.11. The van der Waals surface area contributed by atoms with E-state index in [1.807, 2.05) is 11.0 Å². The summed E-state index contributed by atoms with van der Waals surface area (Å²) in [5.41, 5.74) is 0.690. The number of nitrogens with one attached hydrogen (secondary N) is 1. The number of hydrogen-bond acceptors (Lipinski definition) is 5. The van der Waals surface area contributed by atoms with Crippen LogP contribution in [0.15, 0.2) is 18.3 Å². The molecule has 1 unspecified atom stereocenters. The van der Waals surface area contributed by atoms with Crippen LogP contribution in [0.1, 0.15) is 26.2 Å². The largest absolute Gasteiger partial charge is 0.469 e. The Labute approximate surface area is 124 Å². The van der Waals surface area contributed by atoms with Gasteiger partial charge in [0.15, 0.2) is 5.82 Å². The van der Waals surface area contributed by atoms with E-state index in [4.69, 9.17) is 4.74 Å². The van der Waals surface area contributed by atoms with E-state index in [-0.39, 0.29) is 17.8 Å². The van der Waals surface area contributed by atoms with Crippen LogP contribution in [0.25, 0.3) is 0 Å². The molecule has 2 rings (SSSR count). The highest BCUT2D eigenvalue weighted by atomic mass is 16.5. The van der Waals surface area contributed by atoms with Crippen molar-refractivity contribution in [2.24, 2.45) is 5.92 Å². The first-order valence-corrected chi connectivity index (χ1v) is 7.23. The summed E-state index contributed by atoms with van der Waals surface area (Å²) >= 11 is 0. The Kier molecular flexibility index (Phi) is 5.14. The summed E-state index contributed by atoms with van der Waals surface area (Å²) in [5.74, 6) is 0.342. The van der Waals surface area contributed by atoms with Gasteiger partial charge in [0.05, 0.1) is 18.7 Å². The van der Waals surface area contributed by atoms with Crippen LogP contribution in [0.2, 0.25) is 0 Å². The summed E-state index contributed by atoms with van der Waals surface area (Å²) in [6.45, 7) is 3.19. The van der Waals surface area contributed by atoms with Crippen molar-refractivity contribution in [3.8, 4) is 0 Å². The van der Waals surface area contributed by atoms with E-state index in [0.29, 0.717) is 24.5 Å². The molecular formula is C15H21N3O3. The quantitative estimate of drug-likeness (QED) is 0.857. The van der Waals surface area contributed by atoms with Crippen molar-refractivity contribution in [2.75, 3.05) is 30.4 Å². The Bertz CT molecular complexity index is 519. The first-order chi connectivity index (χ1) is 10.2. The fourth-order valence-electron chi connectivity index (χ4n) is 2.51. The first-order valence-electron chi connectivity index (χ1n) is 7.23. The molecule has 1 atom stereocenters. The zero-order valence-corrected chi connectivity index (χ0v) is 12.5. The van der Waals surface area contributed by atoms with E-state index in [2.05, 4.69) is 10.3 Å². The van der Waals surface area contributed by atoms with Gasteiger partial charge in [-0.2, -0.15) is 0 Å². The van der Waals surface area contributed by atoms with E-state index in [1.165, 1.54) is 7.11 Å². The number of nitrogens with zero attached hydrogens (tertiary/aromatic N) is 2. The van der Waals surface area contributed by atoms with Gasteiger partial charge in [-0.3, -0.25) is 9.59 Å². The van der Waals surface area contributed by atoms with Gasteiger partial charge in [0.1, 0.15) is 0 Å². The molecule has 0 aliphatic carbocycles. The van der Waals surface area contributed by atoms with Crippen molar-refractivity contribution in [1.29, 1.82) is 0 Å². The molecule has 1 aromatic heterocycles. The number of hydrogen-bond donors (Lipinski definition) is 1. The van der Waals surface area contributed by atoms with Crippen molar-refractivity contribution in [3.63, 3.8) is 0 Å². The second kappa shape index (κ2) is 7.06. The Balaban J connectivity index is 2.17. The summed E-state index contributed by atoms with van der Waals surface area (Å²) in [7, 11) is 1.41. The molecule has 1 N–H and O–H groups in total. The fraction of sp³-hybridized carbons (Fsp3) is 0.533. The molecule has 1 aromatic rings. The summed E-state index contributed by atoms with van der Waals surface area (Å²) in [5, 5.41) is 2.86. The molecule has 1 aliphatic heterocycles. The van der Waals surface area contributed by atoms with Gasteiger partial charge in [0.2, 0.25) is 5.91 Å². The van der Waals surface area contributed by atoms with Gasteiger partial charge in [-0.05, 0) is 25.0 Å². The molecule has 114 valence electrons. The van der Waals surface area contributed by atoms with Crippen LogP contribution in [0.5, 0.6) is 0 Å². The van der Waals surface area contributed by atoms with E-state index >= 15 is 0 Å². The maximum Gasteiger partial charge on any atom is 0.310 e. The first kappa shape index (κ1) is 15.3. The van der Waals surface area contributed by atoms with Gasteiger partial charge in [0.25, 0.3) is 0 Å². The predicted octanol–water partition coefficient (Wildman–Crippen LogP) is 1.82. The predicted molar refractivity (Wildman–Crippen MR) is 80.1 cm³/mol. The second-order valence-corrected chi connectivity index (χ2v) is 5.08. The summed E-state index contributed by atoms with van der Waals surface area (Å²) < 4.78 is 4.83. The van der Waals surface area contributed by atoms with Crippen LogP contribution in [-0.4, -0.2) is 37.1 Å². The van der Waals surface area contributed by atoms with E-state index < -0.39 is 0 Å². The zero-order chi connectivity index (χ0) is 15.2. The van der Waals surface area contributed by atoms with Crippen LogP contribution in [0.3, 0.4) is 0 Å². The lowest BCUT2D eigenvalue weighted by Crippen LogP contribution is -2.40. The van der Waals surface area contributed by atoms with Crippen LogP contribution < -0.4 is 10.2 Å². The maximum atomic E-state index is 11.7. The Morgan fingerprint density at radius 2 is 2.33 bits per heavy atom. The van der Waals surface area contributed by atoms with Gasteiger partial charge >= 0.3 is 5.97 Å². The normalized spacial score (nSPS) is 18.2. The SMILES string of the molecule is CCC(=O)Nc1cccnc1N1CCCC(C(=O)OC)C1. The van der Waals surface area contributed by atoms with Crippen molar-refractivity contribution < 1.29 is 14.3 Å². The number of carbonyl (C=O) groups excluding carboxylic acids is 2. The third-order valence-corrected chi connectivity index (χ3v) is 3.64. The third kappa shape index (κ3) is 3.71. The zero-order valence-electron chi connectivity index (χ0n) is 12.5. The third-order valence-electron chi connectivity index (χ3n) is 3.64. The number of rotatable bonds is 4. The molecule has 0 aromatic carbocycles. The topological polar surface area (TPSA) is 71.5 Å². The second-order valence-electron chi connectivity index (χ2n) is 5.08. The van der Waals surface area contributed by atoms with E-state index in [0.717, 1.165) is 19.4 Å². The van der Waals surface area contributed by atoms with Crippen LogP contribution in [0.4, 0.5) is 11.5 Å². The van der Waals surface area contributed by atoms with Crippen molar-refractivity contribution in [2.45, 2.75) is 26.2 Å². The number of ether oxygens (including phenoxy) is 1. The molecular weight excluding hydrogens is 270 g/mol. The number of methoxy groups -OCH3 is 1. The molecule has 1 aliphatic rings. The number of amides is 1. The molecule has 2 heterocycles. The smallest absolute Gasteiger partial charge is 0.310 e. The monoisotopic (exact) mass is 291 g/mol. The maximum absolute atomic E-state index is 11.7. The summed E-state index contributed by atoms with van der Waals surface area (Å²) in [6.07, 6.45) is 3.84. The Morgan fingerprint density at radius 1 is 1.52 bits per heavy atom. The van der Waals surface area contributed by atoms with Gasteiger partial charge in [-0.25, -0.2) is 4.98 Å². The Morgan fingerprint density at radius 3 is 3.05 bits per heavy atom. The molecule has 21 heavy (non-hydrogen) atoms. The molecule has 0 saturated carbocycles. The van der Waals surface area contributed by atoms with E-state index in [1.54, 1.807) is 19.2 Å². The van der Waals surface area contributed by atoms with Crippen molar-refractivity contribution in [3.05, 3.63) is 18.3 Å². The number of anilines is 2. The summed E-state index contributed by atoms with van der Waals surface area (Å²) in [4.78, 5) is 29.7. The lowest BCUT2D eigenvalue weighted by molar-refractivity contribution is -0.145. The minimum absolute atomic E-state index is 0.0502. The number of esters is 1. The number of carbonyl (C=O) groups is 2. The van der Waals surface area contributed by atoms with Gasteiger partial charge in [-0.1, -0.05) is 6.92 Å². The number of pyridine rings is 1. The van der Waals surface area contributed by atoms with Crippen molar-refractivity contribution in [1.82, 2.24) is 4.98 Å². The minimum Gasteiger partial charge on any atom is -0.469 e. The molecule has 0 radical (unpaired) electrons. The highest BCUT2D eigenvalue weighted by Gasteiger charge is 2.28. The standard InChI is InChI=1S/C15H21N3O3/c1-3-13(19)17-12-7-4-8-16-14(12)18-9-5-6-11(10-18)15(20)21-2/h4,7-8,11H,3,5-6,9-10H2,1-2H3,(H,17,19). The molecule has 1 amide bonds. The lowest BCUT2D eigenvalue weighted by atomic mass is 9.98. The highest BCUT2D eigenvalue weighted by Crippen LogP contribution is 2.28. The van der Waals surface area contributed by atoms with Crippen LogP contribution in [0, 0.1) is 5.92 Å². The van der Waals surface area contributed by atoms with Gasteiger partial charge < -0.3 is 15.0 Å². The fourth-order valence-corrected chi connectivity index (χ4v) is 2.51. The van der Waals surface area contributed by atoms with E-state index in [9.17, 15) is 9.59 Å². The molecule has 0 bridgehead atoms. The van der Waals surface area contributed by atoms with Gasteiger partial charge in [0, 0.05) is 25.7 Å². The minimum atomic E-state index is -0.185. The number of piperidine rings is 1. The van der Waals surface area contributed by atoms with Crippen molar-refractivity contribution >= 4 is 23.4 Å². The average molecular weight is 291 g/mol.